The molecule has 24 heteroatoms. The van der Waals surface area contributed by atoms with Crippen molar-refractivity contribution in [3.63, 3.8) is 0 Å². The van der Waals surface area contributed by atoms with Gasteiger partial charge in [0.25, 0.3) is 0 Å². The van der Waals surface area contributed by atoms with Gasteiger partial charge >= 0.3 is 86.9 Å². The third-order valence-corrected chi connectivity index (χ3v) is 24.7. The van der Waals surface area contributed by atoms with Gasteiger partial charge < -0.3 is 13.8 Å². The number of nitrogens with zero attached hydrogens (tertiary/aromatic N) is 6. The third kappa shape index (κ3) is 35.9. The summed E-state index contributed by atoms with van der Waals surface area (Å²) < 4.78 is 67.4. The second-order valence-electron chi connectivity index (χ2n) is 26.4. The van der Waals surface area contributed by atoms with Crippen LogP contribution in [0.2, 0.25) is 0 Å². The van der Waals surface area contributed by atoms with E-state index in [1.165, 1.54) is 67.8 Å². The molecule has 0 N–H and O–H groups in total. The van der Waals surface area contributed by atoms with Crippen molar-refractivity contribution in [1.82, 2.24) is 29.9 Å². The Morgan fingerprint density at radius 1 is 0.450 bits per heavy atom. The maximum atomic E-state index is 11.4. The van der Waals surface area contributed by atoms with Gasteiger partial charge in [-0.1, -0.05) is 326 Å². The molecule has 0 radical (unpaired) electrons. The Kier molecular flexibility index (Phi) is 44.5. The molecule has 14 nitrogen and oxygen atoms in total. The van der Waals surface area contributed by atoms with Crippen molar-refractivity contribution < 1.29 is 116 Å². The molecule has 0 saturated heterocycles. The van der Waals surface area contributed by atoms with Crippen LogP contribution >= 0.6 is 70.6 Å². The van der Waals surface area contributed by atoms with E-state index in [0.29, 0.717) is 24.2 Å². The van der Waals surface area contributed by atoms with Crippen LogP contribution in [0.3, 0.4) is 0 Å². The molecule has 568 valence electrons. The topological polar surface area (TPSA) is 218 Å². The van der Waals surface area contributed by atoms with Crippen molar-refractivity contribution in [2.75, 3.05) is 12.4 Å². The maximum Gasteiger partial charge on any atom is 1.00 e. The molecule has 2 heterocycles. The fourth-order valence-corrected chi connectivity index (χ4v) is 15.5. The SMILES string of the molecule is C=C(C)c1ccc(CSc2nc(SCc3ccc(C(=C)C)cc3)nc(SCc3ccc(C(C)CC)cc3)n2)cc1.C=Cc1ccc(CSc2nc(SCc3ccc(C=C)cc3)nc(SCc3ccc(C(C)CC)cc3)n2)cc1.CCC(C)(C)C(=O)OCCCS(=O)(=O)[O-].CCC(C)c1ccc(S(=O)(=O)[O-])cc1.[K+].[Na+]. The Labute approximate surface area is 740 Å². The summed E-state index contributed by atoms with van der Waals surface area (Å²) in [6.45, 7) is 38.3. The van der Waals surface area contributed by atoms with Crippen LogP contribution in [0.25, 0.3) is 23.3 Å². The smallest absolute Gasteiger partial charge is 0.748 e. The zero-order valence-electron chi connectivity index (χ0n) is 65.3. The Bertz CT molecular complexity index is 4390. The average Bonchev–Trinajstić information content (AvgIpc) is 0.850. The Hall–Kier alpha value is -4.45. The molecule has 0 aliphatic heterocycles. The molecule has 0 amide bonds. The van der Waals surface area contributed by atoms with Crippen LogP contribution in [0.5, 0.6) is 0 Å². The molecule has 0 saturated carbocycles. The number of ether oxygens (including phenoxy) is 1. The van der Waals surface area contributed by atoms with Gasteiger partial charge in [-0.05, 0) is 162 Å². The molecule has 3 atom stereocenters. The third-order valence-electron chi connectivity index (χ3n) is 17.6. The van der Waals surface area contributed by atoms with E-state index in [1.807, 2.05) is 32.9 Å². The Morgan fingerprint density at radius 2 is 0.697 bits per heavy atom. The quantitative estimate of drug-likeness (QED) is 0.0119. The largest absolute Gasteiger partial charge is 1.00 e. The average molecular weight is 1650 g/mol. The zero-order valence-corrected chi connectivity index (χ0v) is 76.9. The molecule has 0 bridgehead atoms. The summed E-state index contributed by atoms with van der Waals surface area (Å²) in [5.74, 6) is 5.54. The van der Waals surface area contributed by atoms with E-state index < -0.39 is 31.4 Å². The van der Waals surface area contributed by atoms with Gasteiger partial charge in [-0.25, -0.2) is 16.8 Å². The van der Waals surface area contributed by atoms with Crippen molar-refractivity contribution in [3.8, 4) is 0 Å². The summed E-state index contributed by atoms with van der Waals surface area (Å²) >= 11 is 9.92. The molecule has 0 spiro atoms. The number of carbonyl (C=O) groups is 1. The van der Waals surface area contributed by atoms with Crippen molar-refractivity contribution in [2.45, 2.75) is 196 Å². The maximum absolute atomic E-state index is 11.4. The molecule has 7 aromatic carbocycles. The molecule has 9 aromatic rings. The second kappa shape index (κ2) is 50.0. The summed E-state index contributed by atoms with van der Waals surface area (Å²) in [7, 11) is -8.51. The number of benzene rings is 7. The van der Waals surface area contributed by atoms with E-state index in [0.717, 1.165) is 113 Å². The number of allylic oxidation sites excluding steroid dienone is 2. The van der Waals surface area contributed by atoms with Crippen molar-refractivity contribution >= 4 is 120 Å². The van der Waals surface area contributed by atoms with Gasteiger partial charge in [-0.3, -0.25) is 4.79 Å². The Balaban J connectivity index is 0.000000335. The molecule has 2 aromatic heterocycles. The molecule has 109 heavy (non-hydrogen) atoms. The fourth-order valence-electron chi connectivity index (χ4n) is 9.48. The standard InChI is InChI=1S/C34H37N3S3.C32H33N3S3.C10H14O3S.C9H18O5S.K.Na/c1-7-25(6)31-18-12-28(13-19-31)22-40-34-36-32(38-20-26-8-14-29(15-9-26)23(2)3)35-33(37-34)39-21-27-10-16-30(17-11-27)24(4)5;1-5-23(4)29-18-16-28(17-19-29)22-38-32-34-30(36-20-26-12-8-24(6-2)9-13-26)33-31(35-32)37-21-27-14-10-25(7-3)11-15-27;1-3-8(2)9-4-6-10(7-5-9)14(11,12)13;1-4-9(2,3)8(10)14-6-5-7-15(11,12)13;;/h8-19,25H,2,4,7,20-22H2,1,3,5-6H3;6-19,23H,2-3,5,20-22H2,1,4H3;4-8H,3H2,1-2H3,(H,11,12,13);4-7H2,1-3H3,(H,11,12,13);;/q;;;;2*+1/p-2. The minimum Gasteiger partial charge on any atom is -0.748 e. The van der Waals surface area contributed by atoms with Crippen LogP contribution < -0.4 is 80.9 Å². The minimum absolute atomic E-state index is 0. The van der Waals surface area contributed by atoms with E-state index in [-0.39, 0.29) is 105 Å². The number of thioether (sulfide) groups is 6. The summed E-state index contributed by atoms with van der Waals surface area (Å²) in [5, 5.41) is 4.56. The van der Waals surface area contributed by atoms with Gasteiger partial charge in [0.1, 0.15) is 10.1 Å². The van der Waals surface area contributed by atoms with E-state index >= 15 is 0 Å². The molecular formula is C85H100KN6NaO8S8. The van der Waals surface area contributed by atoms with Crippen LogP contribution in [-0.2, 0) is 64.3 Å². The monoisotopic (exact) mass is 1650 g/mol. The normalized spacial score (nSPS) is 11.9. The van der Waals surface area contributed by atoms with Crippen LogP contribution in [0.4, 0.5) is 0 Å². The number of esters is 1. The first-order valence-electron chi connectivity index (χ1n) is 35.6. The van der Waals surface area contributed by atoms with Crippen molar-refractivity contribution in [3.05, 3.63) is 268 Å². The van der Waals surface area contributed by atoms with Crippen LogP contribution in [-0.4, -0.2) is 74.2 Å². The first kappa shape index (κ1) is 96.9. The van der Waals surface area contributed by atoms with Gasteiger partial charge in [0.2, 0.25) is 0 Å². The summed E-state index contributed by atoms with van der Waals surface area (Å²) in [6, 6.07) is 58.0. The van der Waals surface area contributed by atoms with Gasteiger partial charge in [-0.2, -0.15) is 29.9 Å². The predicted molar refractivity (Wildman–Crippen MR) is 450 cm³/mol. The zero-order chi connectivity index (χ0) is 78.1. The number of hydrogen-bond donors (Lipinski definition) is 0. The van der Waals surface area contributed by atoms with Gasteiger partial charge in [0.05, 0.1) is 27.0 Å². The first-order valence-corrected chi connectivity index (χ1v) is 44.5. The number of carbonyl (C=O) groups excluding carboxylic acids is 1. The molecular weight excluding hydrogens is 1550 g/mol. The van der Waals surface area contributed by atoms with Crippen molar-refractivity contribution in [2.24, 2.45) is 5.41 Å². The summed E-state index contributed by atoms with van der Waals surface area (Å²) in [4.78, 5) is 40.0. The fraction of sp³-hybridized carbons (Fsp3) is 0.329. The summed E-state index contributed by atoms with van der Waals surface area (Å²) in [6.07, 6.45) is 7.70. The van der Waals surface area contributed by atoms with Gasteiger partial charge in [0, 0.05) is 40.3 Å². The van der Waals surface area contributed by atoms with E-state index in [2.05, 4.69) is 213 Å². The van der Waals surface area contributed by atoms with E-state index in [4.69, 9.17) is 34.6 Å². The van der Waals surface area contributed by atoms with Crippen LogP contribution in [0.15, 0.2) is 232 Å². The van der Waals surface area contributed by atoms with E-state index in [9.17, 15) is 30.7 Å². The molecule has 0 fully saturated rings. The van der Waals surface area contributed by atoms with Gasteiger partial charge in [0.15, 0.2) is 30.9 Å². The van der Waals surface area contributed by atoms with E-state index in [1.54, 1.807) is 96.6 Å². The molecule has 3 unspecified atom stereocenters. The minimum atomic E-state index is -4.30. The molecule has 0 aliphatic carbocycles. The van der Waals surface area contributed by atoms with Crippen LogP contribution in [0, 0.1) is 5.41 Å². The summed E-state index contributed by atoms with van der Waals surface area (Å²) in [5.41, 5.74) is 17.5. The number of aromatic nitrogens is 6. The van der Waals surface area contributed by atoms with Crippen molar-refractivity contribution in [1.29, 1.82) is 0 Å². The number of hydrogen-bond acceptors (Lipinski definition) is 20. The Morgan fingerprint density at radius 3 is 0.917 bits per heavy atom. The van der Waals surface area contributed by atoms with Crippen LogP contribution in [0.1, 0.15) is 198 Å². The first-order chi connectivity index (χ1) is 51.0. The molecule has 0 aliphatic rings. The number of rotatable bonds is 35. The van der Waals surface area contributed by atoms with Gasteiger partial charge in [-0.15, -0.1) is 0 Å². The predicted octanol–water partition coefficient (Wildman–Crippen LogP) is 16.9. The molecule has 9 rings (SSSR count). The second-order valence-corrected chi connectivity index (χ2v) is 34.9.